The van der Waals surface area contributed by atoms with Crippen molar-refractivity contribution in [1.82, 2.24) is 10.2 Å². The number of rotatable bonds is 14. The first-order valence-electron chi connectivity index (χ1n) is 13.1. The second kappa shape index (κ2) is 14.2. The average Bonchev–Trinajstić information content (AvgIpc) is 2.86. The van der Waals surface area contributed by atoms with Gasteiger partial charge in [0.25, 0.3) is 0 Å². The van der Waals surface area contributed by atoms with E-state index in [4.69, 9.17) is 4.74 Å². The zero-order valence-electron chi connectivity index (χ0n) is 23.8. The molecule has 0 aliphatic carbocycles. The van der Waals surface area contributed by atoms with E-state index in [2.05, 4.69) is 5.32 Å². The molecule has 9 heteroatoms. The molecule has 0 spiro atoms. The summed E-state index contributed by atoms with van der Waals surface area (Å²) in [7, 11) is -1.97. The minimum Gasteiger partial charge on any atom is -0.497 e. The molecule has 0 heterocycles. The standard InChI is InChI=1S/C29H43N3O5S/c1-8-26(29(34)30-19-21(2)3)31(20-24-11-9-12-25(18-24)37-6)28(33)13-10-16-32(38(7,35)36)27-17-22(4)14-15-23(27)5/h9,11-12,14-15,17-18,21,26H,8,10,13,16,19-20H2,1-7H3,(H,30,34). The highest BCUT2D eigenvalue weighted by molar-refractivity contribution is 7.92. The second-order valence-corrected chi connectivity index (χ2v) is 12.1. The largest absolute Gasteiger partial charge is 0.497 e. The fourth-order valence-electron chi connectivity index (χ4n) is 4.28. The number of benzene rings is 2. The van der Waals surface area contributed by atoms with E-state index in [1.165, 1.54) is 10.6 Å². The number of nitrogens with one attached hydrogen (secondary N) is 1. The van der Waals surface area contributed by atoms with Gasteiger partial charge < -0.3 is 15.0 Å². The van der Waals surface area contributed by atoms with E-state index in [-0.39, 0.29) is 37.2 Å². The van der Waals surface area contributed by atoms with E-state index in [0.717, 1.165) is 16.7 Å². The number of hydrogen-bond acceptors (Lipinski definition) is 5. The predicted molar refractivity (Wildman–Crippen MR) is 153 cm³/mol. The van der Waals surface area contributed by atoms with Crippen LogP contribution in [-0.4, -0.2) is 57.6 Å². The van der Waals surface area contributed by atoms with Crippen molar-refractivity contribution in [2.24, 2.45) is 5.92 Å². The summed E-state index contributed by atoms with van der Waals surface area (Å²) in [6.07, 6.45) is 2.06. The van der Waals surface area contributed by atoms with Gasteiger partial charge in [-0.1, -0.05) is 45.0 Å². The van der Waals surface area contributed by atoms with E-state index >= 15 is 0 Å². The van der Waals surface area contributed by atoms with Crippen LogP contribution in [0.15, 0.2) is 42.5 Å². The maximum absolute atomic E-state index is 13.6. The van der Waals surface area contributed by atoms with Crippen LogP contribution < -0.4 is 14.4 Å². The van der Waals surface area contributed by atoms with Gasteiger partial charge in [0, 0.05) is 26.1 Å². The highest BCUT2D eigenvalue weighted by atomic mass is 32.2. The lowest BCUT2D eigenvalue weighted by Gasteiger charge is -2.31. The van der Waals surface area contributed by atoms with Gasteiger partial charge >= 0.3 is 0 Å². The van der Waals surface area contributed by atoms with E-state index in [9.17, 15) is 18.0 Å². The summed E-state index contributed by atoms with van der Waals surface area (Å²) < 4.78 is 32.0. The summed E-state index contributed by atoms with van der Waals surface area (Å²) in [5.74, 6) is 0.565. The van der Waals surface area contributed by atoms with Crippen LogP contribution in [0.4, 0.5) is 5.69 Å². The molecule has 0 aliphatic rings. The van der Waals surface area contributed by atoms with E-state index in [1.807, 2.05) is 77.1 Å². The average molecular weight is 546 g/mol. The molecule has 210 valence electrons. The highest BCUT2D eigenvalue weighted by Crippen LogP contribution is 2.25. The van der Waals surface area contributed by atoms with Crippen molar-refractivity contribution in [3.63, 3.8) is 0 Å². The van der Waals surface area contributed by atoms with Gasteiger partial charge in [0.15, 0.2) is 0 Å². The summed E-state index contributed by atoms with van der Waals surface area (Å²) >= 11 is 0. The molecule has 1 N–H and O–H groups in total. The summed E-state index contributed by atoms with van der Waals surface area (Å²) in [6, 6.07) is 12.5. The summed E-state index contributed by atoms with van der Waals surface area (Å²) in [4.78, 5) is 28.3. The topological polar surface area (TPSA) is 96.0 Å². The molecule has 2 amide bonds. The summed E-state index contributed by atoms with van der Waals surface area (Å²) in [5, 5.41) is 2.96. The molecule has 0 bridgehead atoms. The van der Waals surface area contributed by atoms with Gasteiger partial charge in [-0.2, -0.15) is 0 Å². The molecule has 2 rings (SSSR count). The number of carbonyl (C=O) groups is 2. The molecule has 1 atom stereocenters. The Balaban J connectivity index is 2.26. The van der Waals surface area contributed by atoms with Crippen molar-refractivity contribution in [3.8, 4) is 5.75 Å². The van der Waals surface area contributed by atoms with Crippen LogP contribution >= 0.6 is 0 Å². The van der Waals surface area contributed by atoms with Gasteiger partial charge in [-0.15, -0.1) is 0 Å². The molecular weight excluding hydrogens is 502 g/mol. The zero-order chi connectivity index (χ0) is 28.5. The summed E-state index contributed by atoms with van der Waals surface area (Å²) in [6.45, 7) is 10.6. The molecule has 0 aliphatic heterocycles. The van der Waals surface area contributed by atoms with Crippen molar-refractivity contribution in [2.75, 3.05) is 30.8 Å². The number of hydrogen-bond donors (Lipinski definition) is 1. The molecule has 0 radical (unpaired) electrons. The zero-order valence-corrected chi connectivity index (χ0v) is 24.6. The van der Waals surface area contributed by atoms with E-state index in [1.54, 1.807) is 12.0 Å². The molecule has 0 saturated carbocycles. The monoisotopic (exact) mass is 545 g/mol. The fourth-order valence-corrected chi connectivity index (χ4v) is 5.29. The van der Waals surface area contributed by atoms with Gasteiger partial charge in [0.1, 0.15) is 11.8 Å². The third-order valence-corrected chi connectivity index (χ3v) is 7.52. The first kappa shape index (κ1) is 31.1. The SMILES string of the molecule is CCC(C(=O)NCC(C)C)N(Cc1cccc(OC)c1)C(=O)CCCN(c1cc(C)ccc1C)S(C)(=O)=O. The Labute approximate surface area is 228 Å². The van der Waals surface area contributed by atoms with Crippen LogP contribution in [0.1, 0.15) is 56.7 Å². The number of nitrogens with zero attached hydrogens (tertiary/aromatic N) is 2. The van der Waals surface area contributed by atoms with Gasteiger partial charge in [-0.3, -0.25) is 13.9 Å². The number of methoxy groups -OCH3 is 1. The van der Waals surface area contributed by atoms with Gasteiger partial charge in [0.2, 0.25) is 21.8 Å². The fraction of sp³-hybridized carbons (Fsp3) is 0.517. The Bertz CT molecular complexity index is 1200. The van der Waals surface area contributed by atoms with Crippen molar-refractivity contribution in [3.05, 3.63) is 59.2 Å². The maximum Gasteiger partial charge on any atom is 0.242 e. The number of carbonyl (C=O) groups excluding carboxylic acids is 2. The van der Waals surface area contributed by atoms with E-state index < -0.39 is 16.1 Å². The van der Waals surface area contributed by atoms with Crippen LogP contribution in [0.3, 0.4) is 0 Å². The Morgan fingerprint density at radius 1 is 1.08 bits per heavy atom. The van der Waals surface area contributed by atoms with Crippen molar-refractivity contribution >= 4 is 27.5 Å². The van der Waals surface area contributed by atoms with Gasteiger partial charge in [-0.05, 0) is 67.5 Å². The van der Waals surface area contributed by atoms with Crippen LogP contribution in [-0.2, 0) is 26.2 Å². The molecule has 0 fully saturated rings. The molecule has 2 aromatic rings. The number of amides is 2. The predicted octanol–water partition coefficient (Wildman–Crippen LogP) is 4.44. The summed E-state index contributed by atoms with van der Waals surface area (Å²) in [5.41, 5.74) is 3.27. The highest BCUT2D eigenvalue weighted by Gasteiger charge is 2.29. The Hall–Kier alpha value is -3.07. The maximum atomic E-state index is 13.6. The molecule has 38 heavy (non-hydrogen) atoms. The normalized spacial score (nSPS) is 12.2. The molecule has 0 aromatic heterocycles. The quantitative estimate of drug-likeness (QED) is 0.379. The number of sulfonamides is 1. The third-order valence-electron chi connectivity index (χ3n) is 6.34. The second-order valence-electron chi connectivity index (χ2n) is 10.2. The molecule has 1 unspecified atom stereocenters. The minimum absolute atomic E-state index is 0.106. The number of aryl methyl sites for hydroxylation is 2. The van der Waals surface area contributed by atoms with Gasteiger partial charge in [0.05, 0.1) is 19.1 Å². The lowest BCUT2D eigenvalue weighted by molar-refractivity contribution is -0.141. The smallest absolute Gasteiger partial charge is 0.242 e. The first-order valence-corrected chi connectivity index (χ1v) is 15.0. The Morgan fingerprint density at radius 3 is 2.39 bits per heavy atom. The van der Waals surface area contributed by atoms with Crippen molar-refractivity contribution in [1.29, 1.82) is 0 Å². The number of ether oxygens (including phenoxy) is 1. The van der Waals surface area contributed by atoms with Crippen LogP contribution in [0.5, 0.6) is 5.75 Å². The van der Waals surface area contributed by atoms with Crippen LogP contribution in [0.25, 0.3) is 0 Å². The molecule has 0 saturated heterocycles. The molecule has 8 nitrogen and oxygen atoms in total. The third kappa shape index (κ3) is 9.04. The van der Waals surface area contributed by atoms with E-state index in [0.29, 0.717) is 30.8 Å². The van der Waals surface area contributed by atoms with Crippen molar-refractivity contribution in [2.45, 2.75) is 66.5 Å². The number of anilines is 1. The minimum atomic E-state index is -3.55. The molecular formula is C29H43N3O5S. The van der Waals surface area contributed by atoms with Crippen LogP contribution in [0, 0.1) is 19.8 Å². The van der Waals surface area contributed by atoms with Gasteiger partial charge in [-0.25, -0.2) is 8.42 Å². The van der Waals surface area contributed by atoms with Crippen LogP contribution in [0.2, 0.25) is 0 Å². The Morgan fingerprint density at radius 2 is 1.79 bits per heavy atom. The lowest BCUT2D eigenvalue weighted by Crippen LogP contribution is -2.49. The Kier molecular flexibility index (Phi) is 11.6. The molecule has 2 aromatic carbocycles. The first-order chi connectivity index (χ1) is 17.9. The lowest BCUT2D eigenvalue weighted by atomic mass is 10.1. The van der Waals surface area contributed by atoms with Crippen molar-refractivity contribution < 1.29 is 22.7 Å².